The van der Waals surface area contributed by atoms with Crippen LogP contribution in [-0.4, -0.2) is 51.9 Å². The van der Waals surface area contributed by atoms with Gasteiger partial charge in [-0.05, 0) is 70.2 Å². The largest absolute Gasteiger partial charge is 0.444 e. The molecule has 1 amide bonds. The van der Waals surface area contributed by atoms with E-state index < -0.39 is 28.5 Å². The highest BCUT2D eigenvalue weighted by Crippen LogP contribution is 2.46. The van der Waals surface area contributed by atoms with Crippen LogP contribution in [0.5, 0.6) is 11.6 Å². The number of benzene rings is 1. The second-order valence-electron chi connectivity index (χ2n) is 11.4. The van der Waals surface area contributed by atoms with E-state index in [1.54, 1.807) is 24.3 Å². The van der Waals surface area contributed by atoms with Gasteiger partial charge in [-0.15, -0.1) is 0 Å². The molecule has 0 radical (unpaired) electrons. The molecule has 2 fully saturated rings. The summed E-state index contributed by atoms with van der Waals surface area (Å²) < 4.78 is 32.4. The Morgan fingerprint density at radius 3 is 2.51 bits per heavy atom. The van der Waals surface area contributed by atoms with E-state index in [0.29, 0.717) is 36.8 Å². The molecule has 218 valence electrons. The molecule has 2 aliphatic rings. The molecule has 1 aliphatic carbocycles. The zero-order chi connectivity index (χ0) is 29.3. The van der Waals surface area contributed by atoms with Gasteiger partial charge in [0.1, 0.15) is 16.4 Å². The average Bonchev–Trinajstić information content (AvgIpc) is 3.70. The molecule has 41 heavy (non-hydrogen) atoms. The van der Waals surface area contributed by atoms with Crippen molar-refractivity contribution in [3.63, 3.8) is 0 Å². The number of anilines is 1. The Labute approximate surface area is 242 Å². The zero-order valence-corrected chi connectivity index (χ0v) is 24.0. The van der Waals surface area contributed by atoms with Gasteiger partial charge in [0.2, 0.25) is 5.88 Å². The van der Waals surface area contributed by atoms with Gasteiger partial charge in [0.15, 0.2) is 5.67 Å². The van der Waals surface area contributed by atoms with E-state index in [-0.39, 0.29) is 23.9 Å². The van der Waals surface area contributed by atoms with Gasteiger partial charge >= 0.3 is 6.09 Å². The second kappa shape index (κ2) is 11.3. The third-order valence-corrected chi connectivity index (χ3v) is 7.24. The predicted octanol–water partition coefficient (Wildman–Crippen LogP) is 5.52. The summed E-state index contributed by atoms with van der Waals surface area (Å²) in [5.41, 5.74) is -1.48. The van der Waals surface area contributed by atoms with Crippen LogP contribution >= 0.6 is 11.6 Å². The van der Waals surface area contributed by atoms with Crippen molar-refractivity contribution in [2.24, 2.45) is 0 Å². The number of alkyl halides is 1. The van der Waals surface area contributed by atoms with Crippen LogP contribution in [0.1, 0.15) is 52.0 Å². The molecule has 10 nitrogen and oxygen atoms in total. The first kappa shape index (κ1) is 28.8. The van der Waals surface area contributed by atoms with E-state index in [2.05, 4.69) is 20.7 Å². The van der Waals surface area contributed by atoms with Gasteiger partial charge in [-0.3, -0.25) is 4.79 Å². The molecular formula is C29H33ClFN5O5. The molecule has 1 aromatic carbocycles. The smallest absolute Gasteiger partial charge is 0.408 e. The van der Waals surface area contributed by atoms with Crippen LogP contribution in [0.4, 0.5) is 14.9 Å². The molecule has 3 heterocycles. The maximum Gasteiger partial charge on any atom is 0.408 e. The van der Waals surface area contributed by atoms with E-state index >= 15 is 0 Å². The lowest BCUT2D eigenvalue weighted by atomic mass is 9.99. The summed E-state index contributed by atoms with van der Waals surface area (Å²) in [4.78, 5) is 29.4. The maximum atomic E-state index is 14.8. The van der Waals surface area contributed by atoms with Crippen LogP contribution in [0.25, 0.3) is 5.69 Å². The number of hydrogen-bond acceptors (Lipinski definition) is 8. The summed E-state index contributed by atoms with van der Waals surface area (Å²) in [7, 11) is 0. The highest BCUT2D eigenvalue weighted by molar-refractivity contribution is 6.32. The standard InChI is InChI=1S/C29H33ClFN5O5/c1-27(2,3)41-26(38)35-29(12-13-29)19-5-8-21(9-6-19)40-23-10-7-20(15-32-23)36-25(37)24(30)22(16-34-36)33-17-28(31)11-4-14-39-18-28/h5-10,15-16,33H,4,11-14,17-18H2,1-3H3,(H,35,38)/t28-/m0/s1. The number of hydrogen-bond donors (Lipinski definition) is 2. The fourth-order valence-corrected chi connectivity index (χ4v) is 4.78. The summed E-state index contributed by atoms with van der Waals surface area (Å²) in [6.07, 6.45) is 5.05. The molecule has 1 saturated carbocycles. The van der Waals surface area contributed by atoms with Crippen molar-refractivity contribution in [1.29, 1.82) is 0 Å². The van der Waals surface area contributed by atoms with Crippen molar-refractivity contribution in [3.05, 3.63) is 69.7 Å². The van der Waals surface area contributed by atoms with Crippen molar-refractivity contribution in [2.45, 2.75) is 63.3 Å². The minimum absolute atomic E-state index is 0.00156. The van der Waals surface area contributed by atoms with Crippen LogP contribution in [0.3, 0.4) is 0 Å². The third-order valence-electron chi connectivity index (χ3n) is 6.87. The Hall–Kier alpha value is -3.70. The Bertz CT molecular complexity index is 1450. The van der Waals surface area contributed by atoms with Crippen LogP contribution in [-0.2, 0) is 15.0 Å². The van der Waals surface area contributed by atoms with Gasteiger partial charge in [0.05, 0.1) is 42.5 Å². The van der Waals surface area contributed by atoms with Crippen molar-refractivity contribution in [3.8, 4) is 17.3 Å². The number of pyridine rings is 1. The van der Waals surface area contributed by atoms with Gasteiger partial charge in [-0.25, -0.2) is 14.2 Å². The molecule has 0 unspecified atom stereocenters. The first-order chi connectivity index (χ1) is 19.5. The number of halogens is 2. The monoisotopic (exact) mass is 585 g/mol. The van der Waals surface area contributed by atoms with Crippen molar-refractivity contribution in [1.82, 2.24) is 20.1 Å². The third kappa shape index (κ3) is 6.97. The molecule has 3 aromatic rings. The Kier molecular flexibility index (Phi) is 7.93. The topological polar surface area (TPSA) is 117 Å². The van der Waals surface area contributed by atoms with Gasteiger partial charge in [0.25, 0.3) is 5.56 Å². The minimum Gasteiger partial charge on any atom is -0.444 e. The SMILES string of the molecule is CC(C)(C)OC(=O)NC1(c2ccc(Oc3ccc(-n4ncc(NC[C@@]5(F)CCCOC5)c(Cl)c4=O)cn3)cc2)CC1. The molecule has 12 heteroatoms. The number of nitrogens with one attached hydrogen (secondary N) is 2. The number of amides is 1. The fraction of sp³-hybridized carbons (Fsp3) is 0.448. The molecule has 5 rings (SSSR count). The lowest BCUT2D eigenvalue weighted by Crippen LogP contribution is -2.40. The summed E-state index contributed by atoms with van der Waals surface area (Å²) in [5, 5.41) is 9.94. The Balaban J connectivity index is 1.21. The van der Waals surface area contributed by atoms with Crippen LogP contribution < -0.4 is 20.9 Å². The Morgan fingerprint density at radius 2 is 1.90 bits per heavy atom. The van der Waals surface area contributed by atoms with Gasteiger partial charge in [-0.2, -0.15) is 9.78 Å². The first-order valence-corrected chi connectivity index (χ1v) is 13.9. The molecule has 1 atom stereocenters. The maximum absolute atomic E-state index is 14.8. The molecule has 1 aliphatic heterocycles. The number of ether oxygens (including phenoxy) is 3. The lowest BCUT2D eigenvalue weighted by Gasteiger charge is -2.29. The zero-order valence-electron chi connectivity index (χ0n) is 23.2. The van der Waals surface area contributed by atoms with E-state index in [4.69, 9.17) is 25.8 Å². The van der Waals surface area contributed by atoms with Crippen molar-refractivity contribution < 1.29 is 23.4 Å². The molecule has 0 spiro atoms. The summed E-state index contributed by atoms with van der Waals surface area (Å²) >= 11 is 6.29. The van der Waals surface area contributed by atoms with Crippen molar-refractivity contribution in [2.75, 3.05) is 25.1 Å². The molecule has 2 aromatic heterocycles. The number of alkyl carbamates (subject to hydrolysis) is 1. The fourth-order valence-electron chi connectivity index (χ4n) is 4.58. The first-order valence-electron chi connectivity index (χ1n) is 13.5. The number of carbonyl (C=O) groups is 1. The van der Waals surface area contributed by atoms with Gasteiger partial charge < -0.3 is 24.8 Å². The summed E-state index contributed by atoms with van der Waals surface area (Å²) in [5.74, 6) is 0.875. The second-order valence-corrected chi connectivity index (χ2v) is 11.8. The van der Waals surface area contributed by atoms with E-state index in [9.17, 15) is 14.0 Å². The summed E-state index contributed by atoms with van der Waals surface area (Å²) in [6.45, 7) is 5.99. The number of nitrogens with zero attached hydrogens (tertiary/aromatic N) is 3. The lowest BCUT2D eigenvalue weighted by molar-refractivity contribution is -0.0234. The van der Waals surface area contributed by atoms with Crippen molar-refractivity contribution >= 4 is 23.4 Å². The minimum atomic E-state index is -1.52. The average molecular weight is 586 g/mol. The Morgan fingerprint density at radius 1 is 1.15 bits per heavy atom. The van der Waals surface area contributed by atoms with E-state index in [1.165, 1.54) is 12.4 Å². The molecular weight excluding hydrogens is 553 g/mol. The van der Waals surface area contributed by atoms with Crippen LogP contribution in [0.2, 0.25) is 5.02 Å². The van der Waals surface area contributed by atoms with Crippen LogP contribution in [0, 0.1) is 0 Å². The highest BCUT2D eigenvalue weighted by Gasteiger charge is 2.46. The summed E-state index contributed by atoms with van der Waals surface area (Å²) in [6, 6.07) is 10.7. The molecule has 1 saturated heterocycles. The van der Waals surface area contributed by atoms with E-state index in [1.807, 2.05) is 32.9 Å². The molecule has 0 bridgehead atoms. The molecule has 2 N–H and O–H groups in total. The number of aromatic nitrogens is 3. The van der Waals surface area contributed by atoms with Gasteiger partial charge in [0, 0.05) is 12.7 Å². The number of rotatable bonds is 8. The quantitative estimate of drug-likeness (QED) is 0.355. The van der Waals surface area contributed by atoms with Crippen LogP contribution in [0.15, 0.2) is 53.6 Å². The highest BCUT2D eigenvalue weighted by atomic mass is 35.5. The normalized spacial score (nSPS) is 19.7. The number of carbonyl (C=O) groups excluding carboxylic acids is 1. The van der Waals surface area contributed by atoms with Gasteiger partial charge in [-0.1, -0.05) is 23.7 Å². The van der Waals surface area contributed by atoms with E-state index in [0.717, 1.165) is 23.1 Å². The predicted molar refractivity (Wildman–Crippen MR) is 152 cm³/mol.